The van der Waals surface area contributed by atoms with E-state index in [1.807, 2.05) is 6.92 Å². The van der Waals surface area contributed by atoms with Gasteiger partial charge in [0.05, 0.1) is 11.5 Å². The summed E-state index contributed by atoms with van der Waals surface area (Å²) < 4.78 is 26.8. The highest BCUT2D eigenvalue weighted by Crippen LogP contribution is 2.25. The summed E-state index contributed by atoms with van der Waals surface area (Å²) in [6, 6.07) is 5.92. The van der Waals surface area contributed by atoms with Gasteiger partial charge in [-0.2, -0.15) is 4.31 Å². The van der Waals surface area contributed by atoms with E-state index < -0.39 is 10.0 Å². The van der Waals surface area contributed by atoms with Crippen molar-refractivity contribution < 1.29 is 18.3 Å². The van der Waals surface area contributed by atoms with Crippen LogP contribution in [0.15, 0.2) is 29.2 Å². The molecular weight excluding hydrogens is 304 g/mol. The standard InChI is InChI=1S/C15H22N2O4S/c1-12-4-2-3-10-17(12)22(20,21)14-7-5-13(6-8-14)15(19)16-9-11-18/h5-8,12,18H,2-4,9-11H2,1H3,(H,16,19)/t12-/m0/s1. The zero-order chi connectivity index (χ0) is 16.2. The number of hydrogen-bond acceptors (Lipinski definition) is 4. The molecule has 0 saturated carbocycles. The molecule has 2 rings (SSSR count). The molecule has 6 nitrogen and oxygen atoms in total. The van der Waals surface area contributed by atoms with Crippen LogP contribution in [0.3, 0.4) is 0 Å². The highest BCUT2D eigenvalue weighted by molar-refractivity contribution is 7.89. The first-order valence-electron chi connectivity index (χ1n) is 7.48. The summed E-state index contributed by atoms with van der Waals surface area (Å²) in [5.74, 6) is -0.329. The van der Waals surface area contributed by atoms with Crippen molar-refractivity contribution in [2.75, 3.05) is 19.7 Å². The molecule has 2 N–H and O–H groups in total. The van der Waals surface area contributed by atoms with Gasteiger partial charge in [-0.3, -0.25) is 4.79 Å². The van der Waals surface area contributed by atoms with E-state index in [-0.39, 0.29) is 30.0 Å². The van der Waals surface area contributed by atoms with Crippen molar-refractivity contribution in [3.63, 3.8) is 0 Å². The molecule has 1 aromatic carbocycles. The van der Waals surface area contributed by atoms with Crippen LogP contribution >= 0.6 is 0 Å². The minimum Gasteiger partial charge on any atom is -0.395 e. The number of amides is 1. The second-order valence-electron chi connectivity index (χ2n) is 5.46. The van der Waals surface area contributed by atoms with Crippen molar-refractivity contribution in [2.45, 2.75) is 37.1 Å². The molecule has 1 aliphatic heterocycles. The smallest absolute Gasteiger partial charge is 0.251 e. The van der Waals surface area contributed by atoms with Crippen LogP contribution in [-0.2, 0) is 10.0 Å². The van der Waals surface area contributed by atoms with Crippen LogP contribution in [0, 0.1) is 0 Å². The third-order valence-corrected chi connectivity index (χ3v) is 5.89. The summed E-state index contributed by atoms with van der Waals surface area (Å²) in [6.07, 6.45) is 2.81. The zero-order valence-corrected chi connectivity index (χ0v) is 13.5. The van der Waals surface area contributed by atoms with E-state index in [9.17, 15) is 13.2 Å². The molecular formula is C15H22N2O4S. The van der Waals surface area contributed by atoms with Crippen molar-refractivity contribution in [3.8, 4) is 0 Å². The van der Waals surface area contributed by atoms with Crippen molar-refractivity contribution in [1.29, 1.82) is 0 Å². The number of aliphatic hydroxyl groups is 1. The topological polar surface area (TPSA) is 86.7 Å². The van der Waals surface area contributed by atoms with Gasteiger partial charge < -0.3 is 10.4 Å². The lowest BCUT2D eigenvalue weighted by Crippen LogP contribution is -2.41. The van der Waals surface area contributed by atoms with E-state index in [4.69, 9.17) is 5.11 Å². The number of rotatable bonds is 5. The predicted molar refractivity (Wildman–Crippen MR) is 83.1 cm³/mol. The highest BCUT2D eigenvalue weighted by atomic mass is 32.2. The maximum absolute atomic E-state index is 12.6. The zero-order valence-electron chi connectivity index (χ0n) is 12.7. The minimum atomic E-state index is -3.51. The molecule has 0 spiro atoms. The van der Waals surface area contributed by atoms with Gasteiger partial charge in [-0.1, -0.05) is 6.42 Å². The van der Waals surface area contributed by atoms with Crippen LogP contribution in [0.1, 0.15) is 36.5 Å². The molecule has 122 valence electrons. The molecule has 0 aliphatic carbocycles. The Morgan fingerprint density at radius 3 is 2.59 bits per heavy atom. The van der Waals surface area contributed by atoms with Gasteiger partial charge in [0, 0.05) is 24.7 Å². The second kappa shape index (κ2) is 7.21. The maximum Gasteiger partial charge on any atom is 0.251 e. The summed E-state index contributed by atoms with van der Waals surface area (Å²) in [5.41, 5.74) is 0.374. The Morgan fingerprint density at radius 1 is 1.32 bits per heavy atom. The molecule has 1 aliphatic rings. The summed E-state index contributed by atoms with van der Waals surface area (Å²) in [7, 11) is -3.51. The van der Waals surface area contributed by atoms with Crippen LogP contribution in [0.25, 0.3) is 0 Å². The van der Waals surface area contributed by atoms with Gasteiger partial charge in [0.1, 0.15) is 0 Å². The van der Waals surface area contributed by atoms with Crippen molar-refractivity contribution in [2.24, 2.45) is 0 Å². The van der Waals surface area contributed by atoms with Crippen LogP contribution in [0.4, 0.5) is 0 Å². The molecule has 1 atom stereocenters. The average molecular weight is 326 g/mol. The fraction of sp³-hybridized carbons (Fsp3) is 0.533. The molecule has 0 bridgehead atoms. The Labute approximate surface area is 131 Å². The van der Waals surface area contributed by atoms with Crippen LogP contribution in [-0.4, -0.2) is 49.5 Å². The maximum atomic E-state index is 12.6. The van der Waals surface area contributed by atoms with Gasteiger partial charge >= 0.3 is 0 Å². The van der Waals surface area contributed by atoms with Gasteiger partial charge in [0.15, 0.2) is 0 Å². The first kappa shape index (κ1) is 16.9. The number of nitrogens with zero attached hydrogens (tertiary/aromatic N) is 1. The van der Waals surface area contributed by atoms with Crippen LogP contribution < -0.4 is 5.32 Å². The molecule has 0 unspecified atom stereocenters. The van der Waals surface area contributed by atoms with Crippen molar-refractivity contribution >= 4 is 15.9 Å². The second-order valence-corrected chi connectivity index (χ2v) is 7.35. The van der Waals surface area contributed by atoms with E-state index in [0.717, 1.165) is 19.3 Å². The molecule has 1 aromatic rings. The lowest BCUT2D eigenvalue weighted by molar-refractivity contribution is 0.0944. The van der Waals surface area contributed by atoms with Gasteiger partial charge in [0.25, 0.3) is 5.91 Å². The van der Waals surface area contributed by atoms with Crippen molar-refractivity contribution in [1.82, 2.24) is 9.62 Å². The number of nitrogens with one attached hydrogen (secondary N) is 1. The molecule has 1 saturated heterocycles. The summed E-state index contributed by atoms with van der Waals surface area (Å²) in [5, 5.41) is 11.2. The number of benzene rings is 1. The van der Waals surface area contributed by atoms with Gasteiger partial charge in [-0.25, -0.2) is 8.42 Å². The number of carbonyl (C=O) groups excluding carboxylic acids is 1. The van der Waals surface area contributed by atoms with Crippen LogP contribution in [0.5, 0.6) is 0 Å². The van der Waals surface area contributed by atoms with Crippen LogP contribution in [0.2, 0.25) is 0 Å². The third-order valence-electron chi connectivity index (χ3n) is 3.86. The monoisotopic (exact) mass is 326 g/mol. The molecule has 1 heterocycles. The molecule has 1 amide bonds. The van der Waals surface area contributed by atoms with E-state index in [1.165, 1.54) is 28.6 Å². The number of carbonyl (C=O) groups is 1. The lowest BCUT2D eigenvalue weighted by atomic mass is 10.1. The Kier molecular flexibility index (Phi) is 5.55. The summed E-state index contributed by atoms with van der Waals surface area (Å²) in [6.45, 7) is 2.50. The first-order valence-corrected chi connectivity index (χ1v) is 8.92. The molecule has 0 radical (unpaired) electrons. The van der Waals surface area contributed by atoms with E-state index >= 15 is 0 Å². The number of aliphatic hydroxyl groups excluding tert-OH is 1. The summed E-state index contributed by atoms with van der Waals surface area (Å²) in [4.78, 5) is 11.9. The van der Waals surface area contributed by atoms with Gasteiger partial charge in [-0.15, -0.1) is 0 Å². The molecule has 0 aromatic heterocycles. The Hall–Kier alpha value is -1.44. The fourth-order valence-corrected chi connectivity index (χ4v) is 4.31. The highest BCUT2D eigenvalue weighted by Gasteiger charge is 2.30. The molecule has 7 heteroatoms. The predicted octanol–water partition coefficient (Wildman–Crippen LogP) is 0.972. The minimum absolute atomic E-state index is 0.00581. The van der Waals surface area contributed by atoms with E-state index in [2.05, 4.69) is 5.32 Å². The summed E-state index contributed by atoms with van der Waals surface area (Å²) >= 11 is 0. The van der Waals surface area contributed by atoms with E-state index in [1.54, 1.807) is 0 Å². The number of piperidine rings is 1. The number of hydrogen-bond donors (Lipinski definition) is 2. The lowest BCUT2D eigenvalue weighted by Gasteiger charge is -2.32. The largest absolute Gasteiger partial charge is 0.395 e. The third kappa shape index (κ3) is 3.66. The SMILES string of the molecule is C[C@H]1CCCCN1S(=O)(=O)c1ccc(C(=O)NCCO)cc1. The Morgan fingerprint density at radius 2 is 2.00 bits per heavy atom. The molecule has 1 fully saturated rings. The Bertz CT molecular complexity index is 613. The van der Waals surface area contributed by atoms with Gasteiger partial charge in [0.2, 0.25) is 10.0 Å². The Balaban J connectivity index is 2.16. The van der Waals surface area contributed by atoms with Crippen molar-refractivity contribution in [3.05, 3.63) is 29.8 Å². The average Bonchev–Trinajstić information content (AvgIpc) is 2.53. The number of sulfonamides is 1. The molecule has 22 heavy (non-hydrogen) atoms. The van der Waals surface area contributed by atoms with Gasteiger partial charge in [-0.05, 0) is 44.0 Å². The van der Waals surface area contributed by atoms with E-state index in [0.29, 0.717) is 12.1 Å². The normalized spacial score (nSPS) is 19.8. The quantitative estimate of drug-likeness (QED) is 0.844. The fourth-order valence-electron chi connectivity index (χ4n) is 2.61. The first-order chi connectivity index (χ1) is 10.5.